The lowest BCUT2D eigenvalue weighted by molar-refractivity contribution is -0.148. The van der Waals surface area contributed by atoms with Gasteiger partial charge in [0.05, 0.1) is 0 Å². The molecule has 4 heteroatoms. The molecule has 1 aromatic rings. The second kappa shape index (κ2) is 4.57. The average Bonchev–Trinajstić information content (AvgIpc) is 2.09. The van der Waals surface area contributed by atoms with E-state index >= 15 is 0 Å². The van der Waals surface area contributed by atoms with Crippen molar-refractivity contribution in [3.8, 4) is 0 Å². The SMILES string of the molecule is COC(C(=O)O)c1ccccc1I. The van der Waals surface area contributed by atoms with Gasteiger partial charge in [0.15, 0.2) is 6.10 Å². The first-order valence-corrected chi connectivity index (χ1v) is 4.74. The third kappa shape index (κ3) is 2.41. The molecule has 0 fully saturated rings. The summed E-state index contributed by atoms with van der Waals surface area (Å²) in [6.45, 7) is 0. The number of hydrogen-bond acceptors (Lipinski definition) is 2. The summed E-state index contributed by atoms with van der Waals surface area (Å²) in [7, 11) is 1.39. The van der Waals surface area contributed by atoms with Crippen LogP contribution in [0.3, 0.4) is 0 Å². The summed E-state index contributed by atoms with van der Waals surface area (Å²) < 4.78 is 5.77. The van der Waals surface area contributed by atoms with Gasteiger partial charge in [0.2, 0.25) is 0 Å². The van der Waals surface area contributed by atoms with Crippen LogP contribution >= 0.6 is 22.6 Å². The lowest BCUT2D eigenvalue weighted by Crippen LogP contribution is -2.14. The minimum atomic E-state index is -0.966. The first-order chi connectivity index (χ1) is 6.16. The van der Waals surface area contributed by atoms with E-state index in [0.717, 1.165) is 3.57 Å². The van der Waals surface area contributed by atoms with E-state index in [-0.39, 0.29) is 0 Å². The zero-order valence-electron chi connectivity index (χ0n) is 7.03. The molecule has 0 aliphatic carbocycles. The van der Waals surface area contributed by atoms with Crippen LogP contribution in [0.4, 0.5) is 0 Å². The number of hydrogen-bond donors (Lipinski definition) is 1. The van der Waals surface area contributed by atoms with Gasteiger partial charge in [-0.1, -0.05) is 18.2 Å². The Labute approximate surface area is 89.9 Å². The first-order valence-electron chi connectivity index (χ1n) is 3.67. The Morgan fingerprint density at radius 3 is 2.62 bits per heavy atom. The van der Waals surface area contributed by atoms with Crippen molar-refractivity contribution < 1.29 is 14.6 Å². The molecule has 0 radical (unpaired) electrons. The largest absolute Gasteiger partial charge is 0.479 e. The molecule has 0 aromatic heterocycles. The molecule has 0 amide bonds. The van der Waals surface area contributed by atoms with Crippen molar-refractivity contribution in [2.24, 2.45) is 0 Å². The van der Waals surface area contributed by atoms with Gasteiger partial charge in [-0.25, -0.2) is 4.79 Å². The zero-order valence-corrected chi connectivity index (χ0v) is 9.19. The number of aliphatic carboxylic acids is 1. The maximum Gasteiger partial charge on any atom is 0.337 e. The molecule has 0 saturated carbocycles. The number of carboxylic acids is 1. The summed E-state index contributed by atoms with van der Waals surface area (Å²) in [6, 6.07) is 7.27. The van der Waals surface area contributed by atoms with E-state index in [9.17, 15) is 4.79 Å². The molecule has 1 unspecified atom stereocenters. The highest BCUT2D eigenvalue weighted by Crippen LogP contribution is 2.22. The molecule has 0 aliphatic rings. The molecule has 3 nitrogen and oxygen atoms in total. The van der Waals surface area contributed by atoms with Crippen molar-refractivity contribution in [2.75, 3.05) is 7.11 Å². The smallest absolute Gasteiger partial charge is 0.337 e. The van der Waals surface area contributed by atoms with Crippen LogP contribution in [0.5, 0.6) is 0 Å². The molecule has 1 rings (SSSR count). The Morgan fingerprint density at radius 1 is 1.54 bits per heavy atom. The molecule has 0 aliphatic heterocycles. The number of rotatable bonds is 3. The van der Waals surface area contributed by atoms with Gasteiger partial charge in [0.25, 0.3) is 0 Å². The maximum absolute atomic E-state index is 10.8. The molecule has 13 heavy (non-hydrogen) atoms. The van der Waals surface area contributed by atoms with E-state index in [1.54, 1.807) is 12.1 Å². The fourth-order valence-corrected chi connectivity index (χ4v) is 1.72. The van der Waals surface area contributed by atoms with Crippen molar-refractivity contribution in [3.63, 3.8) is 0 Å². The number of carbonyl (C=O) groups is 1. The van der Waals surface area contributed by atoms with Crippen LogP contribution in [0.15, 0.2) is 24.3 Å². The van der Waals surface area contributed by atoms with Crippen molar-refractivity contribution in [1.29, 1.82) is 0 Å². The van der Waals surface area contributed by atoms with Gasteiger partial charge < -0.3 is 9.84 Å². The van der Waals surface area contributed by atoms with Crippen LogP contribution in [-0.4, -0.2) is 18.2 Å². The number of carboxylic acid groups (broad SMARTS) is 1. The van der Waals surface area contributed by atoms with Crippen LogP contribution in [0.25, 0.3) is 0 Å². The third-order valence-electron chi connectivity index (χ3n) is 1.65. The molecular formula is C9H9IO3. The molecule has 1 atom stereocenters. The van der Waals surface area contributed by atoms with Crippen LogP contribution in [-0.2, 0) is 9.53 Å². The summed E-state index contributed by atoms with van der Waals surface area (Å²) >= 11 is 2.09. The van der Waals surface area contributed by atoms with Gasteiger partial charge in [-0.2, -0.15) is 0 Å². The molecule has 70 valence electrons. The molecule has 0 heterocycles. The number of benzene rings is 1. The van der Waals surface area contributed by atoms with Gasteiger partial charge in [-0.05, 0) is 28.7 Å². The van der Waals surface area contributed by atoms with Crippen LogP contribution in [0.2, 0.25) is 0 Å². The highest BCUT2D eigenvalue weighted by Gasteiger charge is 2.20. The summed E-state index contributed by atoms with van der Waals surface area (Å²) in [5.41, 5.74) is 0.693. The first kappa shape index (κ1) is 10.5. The third-order valence-corrected chi connectivity index (χ3v) is 2.63. The quantitative estimate of drug-likeness (QED) is 0.867. The van der Waals surface area contributed by atoms with Crippen LogP contribution in [0.1, 0.15) is 11.7 Å². The Hall–Kier alpha value is -0.620. The summed E-state index contributed by atoms with van der Waals surface area (Å²) in [6.07, 6.45) is -0.868. The fourth-order valence-electron chi connectivity index (χ4n) is 1.05. The lowest BCUT2D eigenvalue weighted by Gasteiger charge is -2.11. The second-order valence-corrected chi connectivity index (χ2v) is 3.64. The Balaban J connectivity index is 3.04. The number of methoxy groups -OCH3 is 1. The van der Waals surface area contributed by atoms with E-state index in [1.807, 2.05) is 12.1 Å². The van der Waals surface area contributed by atoms with E-state index in [2.05, 4.69) is 22.6 Å². The number of halogens is 1. The van der Waals surface area contributed by atoms with Gasteiger partial charge >= 0.3 is 5.97 Å². The highest BCUT2D eigenvalue weighted by molar-refractivity contribution is 14.1. The standard InChI is InChI=1S/C9H9IO3/c1-13-8(9(11)12)6-4-2-3-5-7(6)10/h2-5,8H,1H3,(H,11,12). The monoisotopic (exact) mass is 292 g/mol. The molecule has 0 bridgehead atoms. The van der Waals surface area contributed by atoms with Gasteiger partial charge in [0, 0.05) is 16.2 Å². The van der Waals surface area contributed by atoms with Crippen LogP contribution in [0, 0.1) is 3.57 Å². The van der Waals surface area contributed by atoms with Gasteiger partial charge in [-0.3, -0.25) is 0 Å². The van der Waals surface area contributed by atoms with E-state index in [0.29, 0.717) is 5.56 Å². The Kier molecular flexibility index (Phi) is 3.68. The molecule has 1 N–H and O–H groups in total. The molecule has 0 saturated heterocycles. The molecule has 1 aromatic carbocycles. The second-order valence-electron chi connectivity index (χ2n) is 2.48. The van der Waals surface area contributed by atoms with Crippen LogP contribution < -0.4 is 0 Å². The van der Waals surface area contributed by atoms with Crippen molar-refractivity contribution in [3.05, 3.63) is 33.4 Å². The molecule has 0 spiro atoms. The average molecular weight is 292 g/mol. The number of ether oxygens (including phenoxy) is 1. The van der Waals surface area contributed by atoms with E-state index in [4.69, 9.17) is 9.84 Å². The predicted molar refractivity (Wildman–Crippen MR) is 56.5 cm³/mol. The predicted octanol–water partition coefficient (Wildman–Crippen LogP) is 2.06. The highest BCUT2D eigenvalue weighted by atomic mass is 127. The van der Waals surface area contributed by atoms with Gasteiger partial charge in [-0.15, -0.1) is 0 Å². The van der Waals surface area contributed by atoms with E-state index < -0.39 is 12.1 Å². The topological polar surface area (TPSA) is 46.5 Å². The minimum absolute atomic E-state index is 0.693. The maximum atomic E-state index is 10.8. The van der Waals surface area contributed by atoms with Crippen molar-refractivity contribution in [1.82, 2.24) is 0 Å². The van der Waals surface area contributed by atoms with E-state index in [1.165, 1.54) is 7.11 Å². The lowest BCUT2D eigenvalue weighted by atomic mass is 10.1. The fraction of sp³-hybridized carbons (Fsp3) is 0.222. The summed E-state index contributed by atoms with van der Waals surface area (Å²) in [5, 5.41) is 8.82. The van der Waals surface area contributed by atoms with Crippen molar-refractivity contribution >= 4 is 28.6 Å². The Bertz CT molecular complexity index is 311. The molecular weight excluding hydrogens is 283 g/mol. The normalized spacial score (nSPS) is 12.5. The van der Waals surface area contributed by atoms with Crippen molar-refractivity contribution in [2.45, 2.75) is 6.10 Å². The summed E-state index contributed by atoms with van der Waals surface area (Å²) in [5.74, 6) is -0.966. The van der Waals surface area contributed by atoms with Gasteiger partial charge in [0.1, 0.15) is 0 Å². The minimum Gasteiger partial charge on any atom is -0.479 e. The zero-order chi connectivity index (χ0) is 9.84. The Morgan fingerprint density at radius 2 is 2.15 bits per heavy atom. The summed E-state index contributed by atoms with van der Waals surface area (Å²) in [4.78, 5) is 10.8.